The molecule has 3 rings (SSSR count). The van der Waals surface area contributed by atoms with Crippen molar-refractivity contribution in [2.45, 2.75) is 44.8 Å². The lowest BCUT2D eigenvalue weighted by atomic mass is 9.93. The first-order valence-electron chi connectivity index (χ1n) is 9.57. The number of halogens is 1. The van der Waals surface area contributed by atoms with Gasteiger partial charge >= 0.3 is 0 Å². The standard InChI is InChI=1S/C20H29N5O.HI/c1-2-21-20(24-16-8-10-17(26)11-9-16)23-14-13-22-19-12-7-15-5-3-4-6-18(15)25-19;/h3-7,12,16-17,26H,2,8-11,13-14H2,1H3,(H,22,25)(H2,21,23,24);1H. The first kappa shape index (κ1) is 21.7. The third-order valence-electron chi connectivity index (χ3n) is 4.67. The van der Waals surface area contributed by atoms with Crippen molar-refractivity contribution >= 4 is 46.7 Å². The van der Waals surface area contributed by atoms with Crippen molar-refractivity contribution in [1.82, 2.24) is 15.6 Å². The van der Waals surface area contributed by atoms with E-state index in [-0.39, 0.29) is 30.1 Å². The van der Waals surface area contributed by atoms with Gasteiger partial charge in [-0.2, -0.15) is 0 Å². The third kappa shape index (κ3) is 6.80. The van der Waals surface area contributed by atoms with Crippen LogP contribution in [0.5, 0.6) is 0 Å². The van der Waals surface area contributed by atoms with Crippen LogP contribution in [0.25, 0.3) is 10.9 Å². The molecule has 0 aliphatic heterocycles. The van der Waals surface area contributed by atoms with Crippen LogP contribution in [0.3, 0.4) is 0 Å². The molecule has 1 saturated carbocycles. The fraction of sp³-hybridized carbons (Fsp3) is 0.500. The highest BCUT2D eigenvalue weighted by Gasteiger charge is 2.19. The minimum atomic E-state index is -0.133. The number of hydrogen-bond donors (Lipinski definition) is 4. The topological polar surface area (TPSA) is 81.6 Å². The first-order valence-corrected chi connectivity index (χ1v) is 9.57. The van der Waals surface area contributed by atoms with E-state index in [0.717, 1.165) is 61.5 Å². The molecule has 0 amide bonds. The molecule has 2 aromatic rings. The van der Waals surface area contributed by atoms with Gasteiger partial charge in [0, 0.05) is 24.5 Å². The number of aliphatic hydroxyl groups excluding tert-OH is 1. The minimum absolute atomic E-state index is 0. The van der Waals surface area contributed by atoms with Crippen molar-refractivity contribution in [2.24, 2.45) is 4.99 Å². The van der Waals surface area contributed by atoms with Crippen LogP contribution >= 0.6 is 24.0 Å². The Balaban J connectivity index is 0.00000261. The first-order chi connectivity index (χ1) is 12.7. The number of benzene rings is 1. The van der Waals surface area contributed by atoms with Gasteiger partial charge in [-0.1, -0.05) is 18.2 Å². The molecule has 148 valence electrons. The second kappa shape index (κ2) is 11.3. The number of aliphatic hydroxyl groups is 1. The fourth-order valence-electron chi connectivity index (χ4n) is 3.25. The highest BCUT2D eigenvalue weighted by Crippen LogP contribution is 2.18. The molecule has 0 radical (unpaired) electrons. The lowest BCUT2D eigenvalue weighted by Crippen LogP contribution is -2.45. The van der Waals surface area contributed by atoms with Crippen LogP contribution in [0, 0.1) is 0 Å². The predicted molar refractivity (Wildman–Crippen MR) is 123 cm³/mol. The van der Waals surface area contributed by atoms with Crippen LogP contribution in [0.2, 0.25) is 0 Å². The number of rotatable bonds is 6. The molecule has 4 N–H and O–H groups in total. The van der Waals surface area contributed by atoms with Gasteiger partial charge in [-0.25, -0.2) is 4.98 Å². The van der Waals surface area contributed by atoms with Crippen LogP contribution in [0.4, 0.5) is 5.82 Å². The Hall–Kier alpha value is -1.61. The molecule has 7 heteroatoms. The van der Waals surface area contributed by atoms with E-state index >= 15 is 0 Å². The summed E-state index contributed by atoms with van der Waals surface area (Å²) in [6.45, 7) is 4.30. The molecular formula is C20H30IN5O. The zero-order valence-corrected chi connectivity index (χ0v) is 18.1. The van der Waals surface area contributed by atoms with Gasteiger partial charge in [0.05, 0.1) is 18.2 Å². The van der Waals surface area contributed by atoms with Crippen LogP contribution in [0.1, 0.15) is 32.6 Å². The lowest BCUT2D eigenvalue weighted by Gasteiger charge is -2.27. The van der Waals surface area contributed by atoms with Gasteiger partial charge in [0.2, 0.25) is 0 Å². The molecule has 1 aromatic carbocycles. The summed E-state index contributed by atoms with van der Waals surface area (Å²) in [7, 11) is 0. The Morgan fingerprint density at radius 2 is 1.93 bits per heavy atom. The average molecular weight is 483 g/mol. The molecule has 0 spiro atoms. The molecule has 6 nitrogen and oxygen atoms in total. The summed E-state index contributed by atoms with van der Waals surface area (Å²) in [5, 5.41) is 20.9. The molecule has 1 aliphatic rings. The van der Waals surface area contributed by atoms with Gasteiger partial charge in [0.15, 0.2) is 5.96 Å². The smallest absolute Gasteiger partial charge is 0.191 e. The van der Waals surface area contributed by atoms with Crippen molar-refractivity contribution in [2.75, 3.05) is 25.0 Å². The molecule has 1 heterocycles. The number of nitrogens with one attached hydrogen (secondary N) is 3. The molecule has 1 aliphatic carbocycles. The van der Waals surface area contributed by atoms with E-state index in [1.54, 1.807) is 0 Å². The number of aromatic nitrogens is 1. The monoisotopic (exact) mass is 483 g/mol. The van der Waals surface area contributed by atoms with Gasteiger partial charge < -0.3 is 21.1 Å². The zero-order valence-electron chi connectivity index (χ0n) is 15.8. The molecule has 1 fully saturated rings. The number of guanidine groups is 1. The summed E-state index contributed by atoms with van der Waals surface area (Å²) >= 11 is 0. The summed E-state index contributed by atoms with van der Waals surface area (Å²) < 4.78 is 0. The second-order valence-corrected chi connectivity index (χ2v) is 6.73. The molecule has 27 heavy (non-hydrogen) atoms. The van der Waals surface area contributed by atoms with Crippen molar-refractivity contribution in [3.63, 3.8) is 0 Å². The van der Waals surface area contributed by atoms with E-state index in [1.807, 2.05) is 24.3 Å². The van der Waals surface area contributed by atoms with Crippen LogP contribution in [-0.2, 0) is 0 Å². The number of aliphatic imine (C=N–C) groups is 1. The van der Waals surface area contributed by atoms with Crippen molar-refractivity contribution < 1.29 is 5.11 Å². The summed E-state index contributed by atoms with van der Waals surface area (Å²) in [6, 6.07) is 12.6. The summed E-state index contributed by atoms with van der Waals surface area (Å²) in [5.74, 6) is 1.72. The molecular weight excluding hydrogens is 453 g/mol. The van der Waals surface area contributed by atoms with E-state index in [2.05, 4.69) is 45.0 Å². The lowest BCUT2D eigenvalue weighted by molar-refractivity contribution is 0.120. The van der Waals surface area contributed by atoms with Crippen molar-refractivity contribution in [3.8, 4) is 0 Å². The predicted octanol–water partition coefficient (Wildman–Crippen LogP) is 3.12. The Bertz CT molecular complexity index is 731. The number of fused-ring (bicyclic) bond motifs is 1. The third-order valence-corrected chi connectivity index (χ3v) is 4.67. The summed E-state index contributed by atoms with van der Waals surface area (Å²) in [5.41, 5.74) is 0.996. The zero-order chi connectivity index (χ0) is 18.2. The minimum Gasteiger partial charge on any atom is -0.393 e. The molecule has 0 atom stereocenters. The Morgan fingerprint density at radius 3 is 2.70 bits per heavy atom. The van der Waals surface area contributed by atoms with E-state index in [9.17, 15) is 5.11 Å². The fourth-order valence-corrected chi connectivity index (χ4v) is 3.25. The van der Waals surface area contributed by atoms with Gasteiger partial charge in [-0.15, -0.1) is 24.0 Å². The maximum Gasteiger partial charge on any atom is 0.191 e. The highest BCUT2D eigenvalue weighted by molar-refractivity contribution is 14.0. The Morgan fingerprint density at radius 1 is 1.15 bits per heavy atom. The highest BCUT2D eigenvalue weighted by atomic mass is 127. The van der Waals surface area contributed by atoms with E-state index in [0.29, 0.717) is 12.6 Å². The molecule has 1 aromatic heterocycles. The van der Waals surface area contributed by atoms with Crippen LogP contribution < -0.4 is 16.0 Å². The van der Waals surface area contributed by atoms with Crippen LogP contribution in [0.15, 0.2) is 41.4 Å². The normalized spacial score (nSPS) is 20.0. The molecule has 0 unspecified atom stereocenters. The maximum atomic E-state index is 9.62. The maximum absolute atomic E-state index is 9.62. The quantitative estimate of drug-likeness (QED) is 0.220. The largest absolute Gasteiger partial charge is 0.393 e. The molecule has 0 bridgehead atoms. The van der Waals surface area contributed by atoms with Gasteiger partial charge in [0.1, 0.15) is 5.82 Å². The van der Waals surface area contributed by atoms with E-state index in [4.69, 9.17) is 0 Å². The van der Waals surface area contributed by atoms with E-state index < -0.39 is 0 Å². The average Bonchev–Trinajstić information content (AvgIpc) is 2.67. The number of anilines is 1. The molecule has 0 saturated heterocycles. The van der Waals surface area contributed by atoms with Gasteiger partial charge in [-0.05, 0) is 50.8 Å². The number of nitrogens with zero attached hydrogens (tertiary/aromatic N) is 2. The number of hydrogen-bond acceptors (Lipinski definition) is 4. The summed E-state index contributed by atoms with van der Waals surface area (Å²) in [4.78, 5) is 9.26. The van der Waals surface area contributed by atoms with Crippen molar-refractivity contribution in [3.05, 3.63) is 36.4 Å². The van der Waals surface area contributed by atoms with Crippen LogP contribution in [-0.4, -0.2) is 47.8 Å². The van der Waals surface area contributed by atoms with Gasteiger partial charge in [-0.3, -0.25) is 4.99 Å². The number of para-hydroxylation sites is 1. The number of pyridine rings is 1. The Labute approximate surface area is 178 Å². The van der Waals surface area contributed by atoms with Gasteiger partial charge in [0.25, 0.3) is 0 Å². The van der Waals surface area contributed by atoms with Crippen molar-refractivity contribution in [1.29, 1.82) is 0 Å². The second-order valence-electron chi connectivity index (χ2n) is 6.73. The Kier molecular flexibility index (Phi) is 9.06. The summed E-state index contributed by atoms with van der Waals surface area (Å²) in [6.07, 6.45) is 3.58. The van der Waals surface area contributed by atoms with E-state index in [1.165, 1.54) is 0 Å². The SMILES string of the molecule is CCNC(=NCCNc1ccc2ccccc2n1)NC1CCC(O)CC1.I.